The van der Waals surface area contributed by atoms with Crippen LogP contribution in [0.1, 0.15) is 26.0 Å². The maximum absolute atomic E-state index is 4.67. The van der Waals surface area contributed by atoms with Gasteiger partial charge in [-0.05, 0) is 24.0 Å². The van der Waals surface area contributed by atoms with Gasteiger partial charge >= 0.3 is 0 Å². The third-order valence-corrected chi connectivity index (χ3v) is 3.77. The zero-order chi connectivity index (χ0) is 8.82. The largest absolute Gasteiger partial charge is 0.260 e. The second kappa shape index (κ2) is 2.25. The Morgan fingerprint density at radius 3 is 2.50 bits per heavy atom. The molecular weight excluding hydrogens is 166 g/mol. The Bertz CT molecular complexity index is 294. The summed E-state index contributed by atoms with van der Waals surface area (Å²) in [7, 11) is 0. The van der Waals surface area contributed by atoms with Crippen LogP contribution >= 0.6 is 12.6 Å². The highest BCUT2D eigenvalue weighted by atomic mass is 32.1. The highest BCUT2D eigenvalue weighted by Gasteiger charge is 2.60. The zero-order valence-corrected chi connectivity index (χ0v) is 8.31. The van der Waals surface area contributed by atoms with Gasteiger partial charge in [0.25, 0.3) is 0 Å². The SMILES string of the molecule is CC1(C)CC1(S)c1ccccn1. The zero-order valence-electron chi connectivity index (χ0n) is 7.41. The van der Waals surface area contributed by atoms with Gasteiger partial charge in [0.1, 0.15) is 0 Å². The molecule has 0 radical (unpaired) electrons. The van der Waals surface area contributed by atoms with Gasteiger partial charge in [-0.1, -0.05) is 19.9 Å². The smallest absolute Gasteiger partial charge is 0.0607 e. The first kappa shape index (κ1) is 8.11. The van der Waals surface area contributed by atoms with Crippen LogP contribution in [0.2, 0.25) is 0 Å². The van der Waals surface area contributed by atoms with Crippen LogP contribution in [0.15, 0.2) is 24.4 Å². The molecule has 0 bridgehead atoms. The van der Waals surface area contributed by atoms with Crippen molar-refractivity contribution in [3.8, 4) is 0 Å². The first-order valence-corrected chi connectivity index (χ1v) is 4.65. The Labute approximate surface area is 78.6 Å². The number of aromatic nitrogens is 1. The molecule has 1 nitrogen and oxygen atoms in total. The second-order valence-corrected chi connectivity index (χ2v) is 4.90. The van der Waals surface area contributed by atoms with Crippen molar-refractivity contribution >= 4 is 12.6 Å². The van der Waals surface area contributed by atoms with E-state index in [4.69, 9.17) is 0 Å². The van der Waals surface area contributed by atoms with Gasteiger partial charge in [0.05, 0.1) is 10.4 Å². The topological polar surface area (TPSA) is 12.9 Å². The fraction of sp³-hybridized carbons (Fsp3) is 0.500. The molecule has 0 amide bonds. The van der Waals surface area contributed by atoms with E-state index in [1.54, 1.807) is 0 Å². The maximum Gasteiger partial charge on any atom is 0.0607 e. The van der Waals surface area contributed by atoms with Crippen LogP contribution in [-0.2, 0) is 4.75 Å². The van der Waals surface area contributed by atoms with E-state index >= 15 is 0 Å². The van der Waals surface area contributed by atoms with Gasteiger partial charge in [0.15, 0.2) is 0 Å². The lowest BCUT2D eigenvalue weighted by Gasteiger charge is -2.12. The van der Waals surface area contributed by atoms with E-state index in [-0.39, 0.29) is 4.75 Å². The molecule has 1 aromatic rings. The standard InChI is InChI=1S/C10H13NS/c1-9(2)7-10(9,12)8-5-3-4-6-11-8/h3-6,12H,7H2,1-2H3. The third-order valence-electron chi connectivity index (χ3n) is 2.78. The lowest BCUT2D eigenvalue weighted by atomic mass is 10.1. The molecular formula is C10H13NS. The van der Waals surface area contributed by atoms with Crippen molar-refractivity contribution in [3.63, 3.8) is 0 Å². The summed E-state index contributed by atoms with van der Waals surface area (Å²) in [5, 5.41) is 0. The molecule has 0 aliphatic heterocycles. The Morgan fingerprint density at radius 1 is 1.42 bits per heavy atom. The van der Waals surface area contributed by atoms with Crippen molar-refractivity contribution in [2.45, 2.75) is 25.0 Å². The average Bonchev–Trinajstić information content (AvgIpc) is 2.55. The number of hydrogen-bond donors (Lipinski definition) is 1. The van der Waals surface area contributed by atoms with Gasteiger partial charge in [0, 0.05) is 6.20 Å². The van der Waals surface area contributed by atoms with E-state index < -0.39 is 0 Å². The molecule has 12 heavy (non-hydrogen) atoms. The van der Waals surface area contributed by atoms with Gasteiger partial charge in [-0.3, -0.25) is 4.98 Å². The Morgan fingerprint density at radius 2 is 2.08 bits per heavy atom. The van der Waals surface area contributed by atoms with E-state index in [1.807, 2.05) is 18.3 Å². The van der Waals surface area contributed by atoms with Crippen LogP contribution in [-0.4, -0.2) is 4.98 Å². The fourth-order valence-electron chi connectivity index (χ4n) is 1.64. The van der Waals surface area contributed by atoms with Crippen LogP contribution in [0.5, 0.6) is 0 Å². The summed E-state index contributed by atoms with van der Waals surface area (Å²) in [6, 6.07) is 6.02. The normalized spacial score (nSPS) is 31.6. The third kappa shape index (κ3) is 0.977. The van der Waals surface area contributed by atoms with Gasteiger partial charge < -0.3 is 0 Å². The molecule has 1 aliphatic rings. The molecule has 0 spiro atoms. The molecule has 1 atom stereocenters. The van der Waals surface area contributed by atoms with Gasteiger partial charge in [0.2, 0.25) is 0 Å². The lowest BCUT2D eigenvalue weighted by Crippen LogP contribution is -2.07. The molecule has 1 aliphatic carbocycles. The number of hydrogen-bond acceptors (Lipinski definition) is 2. The highest BCUT2D eigenvalue weighted by molar-refractivity contribution is 7.81. The van der Waals surface area contributed by atoms with Crippen LogP contribution in [0, 0.1) is 5.41 Å². The van der Waals surface area contributed by atoms with E-state index in [2.05, 4.69) is 37.5 Å². The van der Waals surface area contributed by atoms with Crippen LogP contribution in [0.3, 0.4) is 0 Å². The quantitative estimate of drug-likeness (QED) is 0.654. The maximum atomic E-state index is 4.67. The van der Waals surface area contributed by atoms with E-state index in [9.17, 15) is 0 Å². The Kier molecular flexibility index (Phi) is 1.52. The Hall–Kier alpha value is -0.500. The molecule has 2 heteroatoms. The number of rotatable bonds is 1. The van der Waals surface area contributed by atoms with Crippen molar-refractivity contribution in [2.24, 2.45) is 5.41 Å². The number of pyridine rings is 1. The second-order valence-electron chi connectivity index (χ2n) is 4.14. The number of thiol groups is 1. The summed E-state index contributed by atoms with van der Waals surface area (Å²) in [4.78, 5) is 4.33. The van der Waals surface area contributed by atoms with Gasteiger partial charge in [-0.15, -0.1) is 0 Å². The molecule has 1 unspecified atom stereocenters. The average molecular weight is 179 g/mol. The monoisotopic (exact) mass is 179 g/mol. The van der Waals surface area contributed by atoms with E-state index in [0.29, 0.717) is 5.41 Å². The summed E-state index contributed by atoms with van der Waals surface area (Å²) in [5.41, 5.74) is 1.42. The molecule has 64 valence electrons. The predicted octanol–water partition coefficient (Wildman–Crippen LogP) is 2.64. The summed E-state index contributed by atoms with van der Waals surface area (Å²) >= 11 is 4.67. The molecule has 1 saturated carbocycles. The van der Waals surface area contributed by atoms with E-state index in [0.717, 1.165) is 12.1 Å². The summed E-state index contributed by atoms with van der Waals surface area (Å²) in [6.45, 7) is 4.46. The van der Waals surface area contributed by atoms with Crippen LogP contribution < -0.4 is 0 Å². The number of nitrogens with zero attached hydrogens (tertiary/aromatic N) is 1. The summed E-state index contributed by atoms with van der Waals surface area (Å²) in [5.74, 6) is 0. The van der Waals surface area contributed by atoms with E-state index in [1.165, 1.54) is 0 Å². The van der Waals surface area contributed by atoms with Crippen molar-refractivity contribution in [2.75, 3.05) is 0 Å². The lowest BCUT2D eigenvalue weighted by molar-refractivity contribution is 0.595. The first-order valence-electron chi connectivity index (χ1n) is 4.20. The molecule has 1 heterocycles. The molecule has 0 N–H and O–H groups in total. The van der Waals surface area contributed by atoms with Crippen molar-refractivity contribution in [1.82, 2.24) is 4.98 Å². The molecule has 0 saturated heterocycles. The summed E-state index contributed by atoms with van der Waals surface area (Å²) < 4.78 is 0.0221. The molecule has 1 fully saturated rings. The van der Waals surface area contributed by atoms with Crippen molar-refractivity contribution in [3.05, 3.63) is 30.1 Å². The minimum absolute atomic E-state index is 0.0221. The van der Waals surface area contributed by atoms with Gasteiger partial charge in [-0.25, -0.2) is 0 Å². The first-order chi connectivity index (χ1) is 5.56. The molecule has 0 aromatic carbocycles. The fourth-order valence-corrected chi connectivity index (χ4v) is 2.17. The van der Waals surface area contributed by atoms with Crippen LogP contribution in [0.25, 0.3) is 0 Å². The molecule has 1 aromatic heterocycles. The van der Waals surface area contributed by atoms with Gasteiger partial charge in [-0.2, -0.15) is 12.6 Å². The van der Waals surface area contributed by atoms with Crippen LogP contribution in [0.4, 0.5) is 0 Å². The predicted molar refractivity (Wildman–Crippen MR) is 53.3 cm³/mol. The van der Waals surface area contributed by atoms with Crippen molar-refractivity contribution < 1.29 is 0 Å². The minimum Gasteiger partial charge on any atom is -0.260 e. The molecule has 2 rings (SSSR count). The minimum atomic E-state index is 0.0221. The van der Waals surface area contributed by atoms with Crippen molar-refractivity contribution in [1.29, 1.82) is 0 Å². The Balaban J connectivity index is 2.35. The highest BCUT2D eigenvalue weighted by Crippen LogP contribution is 2.66. The summed E-state index contributed by atoms with van der Waals surface area (Å²) in [6.07, 6.45) is 2.96.